The highest BCUT2D eigenvalue weighted by molar-refractivity contribution is 6.30. The van der Waals surface area contributed by atoms with Gasteiger partial charge in [-0.15, -0.1) is 12.4 Å². The molecule has 0 aliphatic heterocycles. The molecule has 3 rings (SSSR count). The molecule has 26 heavy (non-hydrogen) atoms. The Balaban J connectivity index is 0.00000243. The van der Waals surface area contributed by atoms with Crippen molar-refractivity contribution >= 4 is 24.0 Å². The third-order valence-corrected chi connectivity index (χ3v) is 4.15. The van der Waals surface area contributed by atoms with E-state index in [1.165, 1.54) is 5.56 Å². The van der Waals surface area contributed by atoms with Crippen LogP contribution in [-0.4, -0.2) is 16.1 Å². The molecule has 4 nitrogen and oxygen atoms in total. The Kier molecular flexibility index (Phi) is 8.48. The van der Waals surface area contributed by atoms with Crippen molar-refractivity contribution in [3.8, 4) is 5.75 Å². The third kappa shape index (κ3) is 6.71. The number of benzene rings is 2. The first-order valence-electron chi connectivity index (χ1n) is 8.42. The highest BCUT2D eigenvalue weighted by Gasteiger charge is 1.98. The lowest BCUT2D eigenvalue weighted by atomic mass is 10.2. The number of imidazole rings is 1. The maximum absolute atomic E-state index is 5.88. The monoisotopic (exact) mass is 391 g/mol. The molecule has 0 fully saturated rings. The highest BCUT2D eigenvalue weighted by atomic mass is 35.5. The summed E-state index contributed by atoms with van der Waals surface area (Å²) in [5, 5.41) is 4.20. The van der Waals surface area contributed by atoms with Gasteiger partial charge in [-0.25, -0.2) is 4.98 Å². The standard InChI is InChI=1S/C20H22ClN3O.ClH/c21-19-6-2-18(3-7-19)15-25-20-8-4-17(5-9-20)14-22-10-1-12-24-13-11-23-16-24;/h2-9,11,13,16,22H,1,10,12,14-15H2;1H. The first kappa shape index (κ1) is 20.3. The first-order valence-corrected chi connectivity index (χ1v) is 8.80. The van der Waals surface area contributed by atoms with Gasteiger partial charge in [0.15, 0.2) is 0 Å². The van der Waals surface area contributed by atoms with Crippen molar-refractivity contribution in [3.05, 3.63) is 83.4 Å². The molecule has 0 radical (unpaired) electrons. The fourth-order valence-corrected chi connectivity index (χ4v) is 2.62. The fraction of sp³-hybridized carbons (Fsp3) is 0.250. The number of ether oxygens (including phenoxy) is 1. The van der Waals surface area contributed by atoms with Gasteiger partial charge in [0.25, 0.3) is 0 Å². The summed E-state index contributed by atoms with van der Waals surface area (Å²) in [6.07, 6.45) is 6.73. The average molecular weight is 392 g/mol. The van der Waals surface area contributed by atoms with Crippen LogP contribution in [0.15, 0.2) is 67.3 Å². The van der Waals surface area contributed by atoms with E-state index in [-0.39, 0.29) is 12.4 Å². The smallest absolute Gasteiger partial charge is 0.119 e. The largest absolute Gasteiger partial charge is 0.489 e. The average Bonchev–Trinajstić information content (AvgIpc) is 3.15. The van der Waals surface area contributed by atoms with Gasteiger partial charge in [0.05, 0.1) is 6.33 Å². The van der Waals surface area contributed by atoms with Crippen molar-refractivity contribution in [2.45, 2.75) is 26.1 Å². The number of hydrogen-bond donors (Lipinski definition) is 1. The molecule has 0 amide bonds. The molecule has 2 aromatic carbocycles. The fourth-order valence-electron chi connectivity index (χ4n) is 2.49. The van der Waals surface area contributed by atoms with Crippen molar-refractivity contribution in [2.75, 3.05) is 6.54 Å². The second-order valence-corrected chi connectivity index (χ2v) is 6.33. The molecule has 0 aliphatic carbocycles. The summed E-state index contributed by atoms with van der Waals surface area (Å²) in [6, 6.07) is 15.9. The van der Waals surface area contributed by atoms with Crippen LogP contribution in [0, 0.1) is 0 Å². The molecule has 1 aromatic heterocycles. The third-order valence-electron chi connectivity index (χ3n) is 3.90. The molecular formula is C20H23Cl2N3O. The summed E-state index contributed by atoms with van der Waals surface area (Å²) in [6.45, 7) is 3.38. The minimum absolute atomic E-state index is 0. The number of rotatable bonds is 9. The number of aromatic nitrogens is 2. The van der Waals surface area contributed by atoms with Gasteiger partial charge in [-0.3, -0.25) is 0 Å². The number of aryl methyl sites for hydroxylation is 1. The zero-order valence-corrected chi connectivity index (χ0v) is 16.0. The minimum atomic E-state index is 0. The van der Waals surface area contributed by atoms with Crippen LogP contribution in [-0.2, 0) is 19.7 Å². The number of hydrogen-bond acceptors (Lipinski definition) is 3. The Morgan fingerprint density at radius 2 is 1.73 bits per heavy atom. The van der Waals surface area contributed by atoms with Crippen molar-refractivity contribution in [2.24, 2.45) is 0 Å². The van der Waals surface area contributed by atoms with Crippen LogP contribution < -0.4 is 10.1 Å². The van der Waals surface area contributed by atoms with E-state index < -0.39 is 0 Å². The summed E-state index contributed by atoms with van der Waals surface area (Å²) in [5.41, 5.74) is 2.36. The molecule has 0 aliphatic rings. The summed E-state index contributed by atoms with van der Waals surface area (Å²) < 4.78 is 7.89. The Morgan fingerprint density at radius 1 is 1.00 bits per heavy atom. The Labute approximate surface area is 165 Å². The molecule has 0 saturated carbocycles. The van der Waals surface area contributed by atoms with Gasteiger partial charge in [0.1, 0.15) is 12.4 Å². The SMILES string of the molecule is Cl.Clc1ccc(COc2ccc(CNCCCn3ccnc3)cc2)cc1. The van der Waals surface area contributed by atoms with Crippen LogP contribution in [0.3, 0.4) is 0 Å². The van der Waals surface area contributed by atoms with E-state index in [2.05, 4.69) is 27.0 Å². The predicted molar refractivity (Wildman–Crippen MR) is 108 cm³/mol. The van der Waals surface area contributed by atoms with E-state index >= 15 is 0 Å². The van der Waals surface area contributed by atoms with Crippen LogP contribution in [0.2, 0.25) is 5.02 Å². The van der Waals surface area contributed by atoms with Gasteiger partial charge in [-0.05, 0) is 48.4 Å². The molecule has 0 atom stereocenters. The molecule has 0 bridgehead atoms. The maximum Gasteiger partial charge on any atom is 0.119 e. The molecule has 0 saturated heterocycles. The van der Waals surface area contributed by atoms with Crippen molar-refractivity contribution in [1.82, 2.24) is 14.9 Å². The van der Waals surface area contributed by atoms with E-state index in [9.17, 15) is 0 Å². The summed E-state index contributed by atoms with van der Waals surface area (Å²) in [4.78, 5) is 4.04. The van der Waals surface area contributed by atoms with E-state index in [0.29, 0.717) is 6.61 Å². The van der Waals surface area contributed by atoms with Gasteiger partial charge < -0.3 is 14.6 Å². The molecule has 0 unspecified atom stereocenters. The Bertz CT molecular complexity index is 744. The minimum Gasteiger partial charge on any atom is -0.489 e. The van der Waals surface area contributed by atoms with Crippen molar-refractivity contribution in [1.29, 1.82) is 0 Å². The van der Waals surface area contributed by atoms with Gasteiger partial charge in [-0.2, -0.15) is 0 Å². The molecule has 3 aromatic rings. The number of halogens is 2. The van der Waals surface area contributed by atoms with Crippen LogP contribution in [0.4, 0.5) is 0 Å². The van der Waals surface area contributed by atoms with E-state index in [0.717, 1.165) is 42.4 Å². The zero-order chi connectivity index (χ0) is 17.3. The van der Waals surface area contributed by atoms with E-state index in [4.69, 9.17) is 16.3 Å². The second-order valence-electron chi connectivity index (χ2n) is 5.89. The lowest BCUT2D eigenvalue weighted by Crippen LogP contribution is -2.16. The van der Waals surface area contributed by atoms with E-state index in [1.54, 1.807) is 0 Å². The van der Waals surface area contributed by atoms with Crippen LogP contribution >= 0.6 is 24.0 Å². The maximum atomic E-state index is 5.88. The number of nitrogens with one attached hydrogen (secondary N) is 1. The van der Waals surface area contributed by atoms with Crippen molar-refractivity contribution in [3.63, 3.8) is 0 Å². The summed E-state index contributed by atoms with van der Waals surface area (Å²) in [5.74, 6) is 0.874. The Morgan fingerprint density at radius 3 is 2.42 bits per heavy atom. The predicted octanol–water partition coefficient (Wildman–Crippen LogP) is 4.72. The normalized spacial score (nSPS) is 10.3. The van der Waals surface area contributed by atoms with Crippen LogP contribution in [0.5, 0.6) is 5.75 Å². The lowest BCUT2D eigenvalue weighted by Gasteiger charge is -2.09. The topological polar surface area (TPSA) is 39.1 Å². The second kappa shape index (κ2) is 10.9. The molecule has 1 N–H and O–H groups in total. The molecular weight excluding hydrogens is 369 g/mol. The zero-order valence-electron chi connectivity index (χ0n) is 14.5. The number of nitrogens with zero attached hydrogens (tertiary/aromatic N) is 2. The Hall–Kier alpha value is -2.01. The van der Waals surface area contributed by atoms with Crippen LogP contribution in [0.25, 0.3) is 0 Å². The molecule has 0 spiro atoms. The quantitative estimate of drug-likeness (QED) is 0.536. The first-order chi connectivity index (χ1) is 12.3. The van der Waals surface area contributed by atoms with Gasteiger partial charge in [-0.1, -0.05) is 35.9 Å². The van der Waals surface area contributed by atoms with Gasteiger partial charge in [0.2, 0.25) is 0 Å². The van der Waals surface area contributed by atoms with Gasteiger partial charge in [0, 0.05) is 30.5 Å². The lowest BCUT2D eigenvalue weighted by molar-refractivity contribution is 0.306. The molecule has 6 heteroatoms. The molecule has 138 valence electrons. The van der Waals surface area contributed by atoms with E-state index in [1.807, 2.05) is 55.1 Å². The molecule has 1 heterocycles. The highest BCUT2D eigenvalue weighted by Crippen LogP contribution is 2.15. The van der Waals surface area contributed by atoms with Gasteiger partial charge >= 0.3 is 0 Å². The summed E-state index contributed by atoms with van der Waals surface area (Å²) in [7, 11) is 0. The van der Waals surface area contributed by atoms with Crippen molar-refractivity contribution < 1.29 is 4.74 Å². The van der Waals surface area contributed by atoms with Crippen LogP contribution in [0.1, 0.15) is 17.5 Å². The summed E-state index contributed by atoms with van der Waals surface area (Å²) >= 11 is 5.88.